The fourth-order valence-corrected chi connectivity index (χ4v) is 10.8. The Morgan fingerprint density at radius 1 is 0.329 bits per heavy atom. The van der Waals surface area contributed by atoms with Crippen molar-refractivity contribution in [3.8, 4) is 0 Å². The molecule has 4 heteroatoms. The van der Waals surface area contributed by atoms with Gasteiger partial charge in [-0.3, -0.25) is 4.79 Å². The van der Waals surface area contributed by atoms with Crippen LogP contribution in [0.1, 0.15) is 386 Å². The second kappa shape index (κ2) is 62.4. The molecule has 0 aromatic rings. The maximum atomic E-state index is 12.5. The second-order valence-corrected chi connectivity index (χ2v) is 22.9. The SMILES string of the molecule is CCCCCCCCCCCCCCCCCCCCC/C=C/C(O)C(CO)NC(=O)CCCCCCCCCCCCCCCCCCCCCCCCCCCCCCCCCCCCCCC. The van der Waals surface area contributed by atoms with Gasteiger partial charge in [0.2, 0.25) is 5.91 Å². The zero-order valence-corrected chi connectivity index (χ0v) is 48.3. The molecule has 2 atom stereocenters. The minimum absolute atomic E-state index is 0.0541. The van der Waals surface area contributed by atoms with E-state index in [0.29, 0.717) is 6.42 Å². The van der Waals surface area contributed by atoms with E-state index in [4.69, 9.17) is 0 Å². The Balaban J connectivity index is 3.37. The fraction of sp³-hybridized carbons (Fsp3) is 0.955. The first kappa shape index (κ1) is 69.1. The summed E-state index contributed by atoms with van der Waals surface area (Å²) >= 11 is 0. The Bertz CT molecular complexity index is 982. The van der Waals surface area contributed by atoms with E-state index >= 15 is 0 Å². The number of carbonyl (C=O) groups excluding carboxylic acids is 1. The van der Waals surface area contributed by atoms with Gasteiger partial charge in [0, 0.05) is 6.42 Å². The summed E-state index contributed by atoms with van der Waals surface area (Å²) in [6.45, 7) is 4.36. The first-order chi connectivity index (χ1) is 34.7. The summed E-state index contributed by atoms with van der Waals surface area (Å²) in [7, 11) is 0. The summed E-state index contributed by atoms with van der Waals surface area (Å²) in [5.41, 5.74) is 0. The van der Waals surface area contributed by atoms with Crippen LogP contribution < -0.4 is 5.32 Å². The number of hydrogen-bond acceptors (Lipinski definition) is 3. The van der Waals surface area contributed by atoms with E-state index in [1.54, 1.807) is 6.08 Å². The monoisotopic (exact) mass is 986 g/mol. The summed E-state index contributed by atoms with van der Waals surface area (Å²) < 4.78 is 0. The van der Waals surface area contributed by atoms with Crippen molar-refractivity contribution in [3.05, 3.63) is 12.2 Å². The average Bonchev–Trinajstić information content (AvgIpc) is 3.36. The highest BCUT2D eigenvalue weighted by atomic mass is 16.3. The molecule has 0 saturated heterocycles. The molecule has 0 aromatic heterocycles. The van der Waals surface area contributed by atoms with Gasteiger partial charge in [-0.15, -0.1) is 0 Å². The van der Waals surface area contributed by atoms with Crippen LogP contribution in [-0.4, -0.2) is 34.9 Å². The van der Waals surface area contributed by atoms with Gasteiger partial charge >= 0.3 is 0 Å². The van der Waals surface area contributed by atoms with Crippen molar-refractivity contribution in [1.82, 2.24) is 5.32 Å². The van der Waals surface area contributed by atoms with E-state index in [0.717, 1.165) is 25.7 Å². The van der Waals surface area contributed by atoms with Gasteiger partial charge in [0.1, 0.15) is 0 Å². The molecule has 2 unspecified atom stereocenters. The van der Waals surface area contributed by atoms with Crippen LogP contribution in [0.5, 0.6) is 0 Å². The topological polar surface area (TPSA) is 69.6 Å². The number of amides is 1. The Morgan fingerprint density at radius 3 is 0.743 bits per heavy atom. The molecule has 0 spiro atoms. The summed E-state index contributed by atoms with van der Waals surface area (Å²) in [5, 5.41) is 23.2. The molecule has 70 heavy (non-hydrogen) atoms. The van der Waals surface area contributed by atoms with Crippen LogP contribution in [-0.2, 0) is 4.79 Å². The second-order valence-electron chi connectivity index (χ2n) is 22.9. The minimum Gasteiger partial charge on any atom is -0.394 e. The third-order valence-corrected chi connectivity index (χ3v) is 15.8. The molecular weight excluding hydrogens is 855 g/mol. The lowest BCUT2D eigenvalue weighted by atomic mass is 10.0. The largest absolute Gasteiger partial charge is 0.394 e. The van der Waals surface area contributed by atoms with Gasteiger partial charge in [0.05, 0.1) is 18.8 Å². The van der Waals surface area contributed by atoms with Crippen molar-refractivity contribution in [3.63, 3.8) is 0 Å². The Kier molecular flexibility index (Phi) is 61.6. The van der Waals surface area contributed by atoms with Gasteiger partial charge in [-0.25, -0.2) is 0 Å². The molecule has 0 bridgehead atoms. The van der Waals surface area contributed by atoms with Gasteiger partial charge < -0.3 is 15.5 Å². The number of carbonyl (C=O) groups is 1. The van der Waals surface area contributed by atoms with E-state index in [-0.39, 0.29) is 12.5 Å². The fourth-order valence-electron chi connectivity index (χ4n) is 10.8. The van der Waals surface area contributed by atoms with Crippen LogP contribution >= 0.6 is 0 Å². The Labute approximate surface area is 441 Å². The van der Waals surface area contributed by atoms with Gasteiger partial charge in [0.25, 0.3) is 0 Å². The average molecular weight is 987 g/mol. The number of aliphatic hydroxyl groups excluding tert-OH is 2. The number of nitrogens with one attached hydrogen (secondary N) is 1. The third kappa shape index (κ3) is 58.0. The van der Waals surface area contributed by atoms with E-state index in [1.165, 1.54) is 340 Å². The van der Waals surface area contributed by atoms with Gasteiger partial charge in [0.15, 0.2) is 0 Å². The summed E-state index contributed by atoms with van der Waals surface area (Å²) in [4.78, 5) is 12.5. The zero-order chi connectivity index (χ0) is 50.6. The molecule has 0 radical (unpaired) electrons. The molecule has 0 rings (SSSR count). The van der Waals surface area contributed by atoms with Crippen LogP contribution in [0.2, 0.25) is 0 Å². The molecule has 3 N–H and O–H groups in total. The predicted octanol–water partition coefficient (Wildman–Crippen LogP) is 22.0. The van der Waals surface area contributed by atoms with Gasteiger partial charge in [-0.1, -0.05) is 373 Å². The van der Waals surface area contributed by atoms with Crippen LogP contribution in [0.3, 0.4) is 0 Å². The van der Waals surface area contributed by atoms with Crippen molar-refractivity contribution in [2.45, 2.75) is 398 Å². The van der Waals surface area contributed by atoms with Crippen LogP contribution in [0.4, 0.5) is 0 Å². The number of allylic oxidation sites excluding steroid dienone is 1. The van der Waals surface area contributed by atoms with Crippen LogP contribution in [0.15, 0.2) is 12.2 Å². The molecule has 0 aliphatic carbocycles. The maximum Gasteiger partial charge on any atom is 0.220 e. The first-order valence-electron chi connectivity index (χ1n) is 32.9. The van der Waals surface area contributed by atoms with E-state index < -0.39 is 12.1 Å². The lowest BCUT2D eigenvalue weighted by Gasteiger charge is -2.20. The Hall–Kier alpha value is -0.870. The predicted molar refractivity (Wildman–Crippen MR) is 313 cm³/mol. The number of unbranched alkanes of at least 4 members (excludes halogenated alkanes) is 55. The zero-order valence-electron chi connectivity index (χ0n) is 48.3. The summed E-state index contributed by atoms with van der Waals surface area (Å²) in [6, 6.07) is -0.619. The first-order valence-corrected chi connectivity index (χ1v) is 32.9. The number of hydrogen-bond donors (Lipinski definition) is 3. The molecule has 0 fully saturated rings. The third-order valence-electron chi connectivity index (χ3n) is 15.8. The van der Waals surface area contributed by atoms with Crippen LogP contribution in [0, 0.1) is 0 Å². The molecule has 0 aliphatic heterocycles. The summed E-state index contributed by atoms with van der Waals surface area (Å²) in [5.74, 6) is -0.0541. The molecule has 0 aliphatic rings. The van der Waals surface area contributed by atoms with E-state index in [9.17, 15) is 15.0 Å². The lowest BCUT2D eigenvalue weighted by molar-refractivity contribution is -0.123. The molecule has 0 heterocycles. The van der Waals surface area contributed by atoms with E-state index in [1.807, 2.05) is 6.08 Å². The number of rotatable bonds is 62. The number of aliphatic hydroxyl groups is 2. The Morgan fingerprint density at radius 2 is 0.529 bits per heavy atom. The summed E-state index contributed by atoms with van der Waals surface area (Å²) in [6.07, 6.45) is 82.9. The lowest BCUT2D eigenvalue weighted by Crippen LogP contribution is -2.45. The highest BCUT2D eigenvalue weighted by molar-refractivity contribution is 5.76. The smallest absolute Gasteiger partial charge is 0.220 e. The van der Waals surface area contributed by atoms with Crippen molar-refractivity contribution in [2.75, 3.05) is 6.61 Å². The van der Waals surface area contributed by atoms with Crippen molar-refractivity contribution < 1.29 is 15.0 Å². The van der Waals surface area contributed by atoms with Gasteiger partial charge in [-0.05, 0) is 19.3 Å². The minimum atomic E-state index is -0.836. The van der Waals surface area contributed by atoms with Crippen molar-refractivity contribution in [1.29, 1.82) is 0 Å². The van der Waals surface area contributed by atoms with Crippen LogP contribution in [0.25, 0.3) is 0 Å². The van der Waals surface area contributed by atoms with Crippen molar-refractivity contribution in [2.24, 2.45) is 0 Å². The highest BCUT2D eigenvalue weighted by Gasteiger charge is 2.18. The maximum absolute atomic E-state index is 12.5. The molecule has 0 saturated carbocycles. The van der Waals surface area contributed by atoms with E-state index in [2.05, 4.69) is 19.2 Å². The van der Waals surface area contributed by atoms with Crippen molar-refractivity contribution >= 4 is 5.91 Å². The quantitative estimate of drug-likeness (QED) is 0.0420. The molecule has 418 valence electrons. The molecule has 4 nitrogen and oxygen atoms in total. The highest BCUT2D eigenvalue weighted by Crippen LogP contribution is 2.19. The normalized spacial score (nSPS) is 12.7. The molecule has 0 aromatic carbocycles. The molecular formula is C66H131NO3. The molecule has 1 amide bonds. The standard InChI is InChI=1S/C66H131NO3/c1-3-5-7-9-11-13-15-17-19-21-23-25-26-27-28-29-30-31-32-33-34-35-36-37-38-39-40-42-44-46-48-50-52-54-56-58-60-62-66(70)67-64(63-68)65(69)61-59-57-55-53-51-49-47-45-43-41-24-22-20-18-16-14-12-10-8-6-4-2/h59,61,64-65,68-69H,3-58,60,62-63H2,1-2H3,(H,67,70)/b61-59+. The van der Waals surface area contributed by atoms with Gasteiger partial charge in [-0.2, -0.15) is 0 Å².